The monoisotopic (exact) mass is 246 g/mol. The van der Waals surface area contributed by atoms with Gasteiger partial charge in [0.05, 0.1) is 0 Å². The molecule has 1 aromatic carbocycles. The maximum Gasteiger partial charge on any atom is 0.0236 e. The van der Waals surface area contributed by atoms with Crippen LogP contribution in [0.3, 0.4) is 0 Å². The van der Waals surface area contributed by atoms with Crippen LogP contribution in [0, 0.1) is 5.41 Å². The minimum absolute atomic E-state index is 0.299. The molecule has 0 saturated heterocycles. The van der Waals surface area contributed by atoms with Gasteiger partial charge in [0.15, 0.2) is 0 Å². The Balaban J connectivity index is 1.80. The molecule has 1 aromatic rings. The van der Waals surface area contributed by atoms with Crippen molar-refractivity contribution in [3.63, 3.8) is 0 Å². The Labute approximate surface area is 111 Å². The molecule has 2 nitrogen and oxygen atoms in total. The van der Waals surface area contributed by atoms with Crippen molar-refractivity contribution in [2.45, 2.75) is 39.7 Å². The Morgan fingerprint density at radius 3 is 2.67 bits per heavy atom. The molecule has 0 spiro atoms. The summed E-state index contributed by atoms with van der Waals surface area (Å²) < 4.78 is 0. The molecule has 0 saturated carbocycles. The highest BCUT2D eigenvalue weighted by Crippen LogP contribution is 2.22. The summed E-state index contributed by atoms with van der Waals surface area (Å²) in [6.45, 7) is 8.85. The number of nitrogens with two attached hydrogens (primary N) is 1. The van der Waals surface area contributed by atoms with Crippen LogP contribution < -0.4 is 5.73 Å². The summed E-state index contributed by atoms with van der Waals surface area (Å²) in [4.78, 5) is 2.58. The molecular formula is C16H26N2. The van der Waals surface area contributed by atoms with Gasteiger partial charge in [-0.05, 0) is 48.9 Å². The van der Waals surface area contributed by atoms with Crippen molar-refractivity contribution in [3.05, 3.63) is 35.4 Å². The summed E-state index contributed by atoms with van der Waals surface area (Å²) in [6.07, 6.45) is 3.68. The third kappa shape index (κ3) is 3.56. The number of rotatable bonds is 5. The normalized spacial score (nSPS) is 16.6. The van der Waals surface area contributed by atoms with Gasteiger partial charge in [-0.1, -0.05) is 38.1 Å². The second-order valence-corrected chi connectivity index (χ2v) is 6.27. The van der Waals surface area contributed by atoms with Gasteiger partial charge in [-0.15, -0.1) is 0 Å². The van der Waals surface area contributed by atoms with E-state index < -0.39 is 0 Å². The Hall–Kier alpha value is -0.860. The lowest BCUT2D eigenvalue weighted by Crippen LogP contribution is -2.32. The molecule has 0 radical (unpaired) electrons. The summed E-state index contributed by atoms with van der Waals surface area (Å²) >= 11 is 0. The molecule has 0 unspecified atom stereocenters. The Bertz CT molecular complexity index is 384. The highest BCUT2D eigenvalue weighted by atomic mass is 15.1. The maximum atomic E-state index is 5.78. The van der Waals surface area contributed by atoms with Gasteiger partial charge < -0.3 is 5.73 Å². The molecule has 0 atom stereocenters. The van der Waals surface area contributed by atoms with Gasteiger partial charge in [-0.2, -0.15) is 0 Å². The molecule has 1 heterocycles. The van der Waals surface area contributed by atoms with Crippen LogP contribution in [0.5, 0.6) is 0 Å². The van der Waals surface area contributed by atoms with Crippen LogP contribution in [0.25, 0.3) is 0 Å². The fourth-order valence-electron chi connectivity index (χ4n) is 2.63. The topological polar surface area (TPSA) is 29.3 Å². The van der Waals surface area contributed by atoms with E-state index in [4.69, 9.17) is 5.73 Å². The lowest BCUT2D eigenvalue weighted by molar-refractivity contribution is 0.228. The minimum Gasteiger partial charge on any atom is -0.330 e. The lowest BCUT2D eigenvalue weighted by atomic mass is 9.88. The van der Waals surface area contributed by atoms with Gasteiger partial charge >= 0.3 is 0 Å². The number of hydrogen-bond acceptors (Lipinski definition) is 2. The third-order valence-electron chi connectivity index (χ3n) is 4.09. The summed E-state index contributed by atoms with van der Waals surface area (Å²) in [5, 5.41) is 0. The van der Waals surface area contributed by atoms with Crippen LogP contribution in [-0.4, -0.2) is 24.5 Å². The molecule has 2 N–H and O–H groups in total. The Kier molecular flexibility index (Phi) is 4.41. The maximum absolute atomic E-state index is 5.78. The lowest BCUT2D eigenvalue weighted by Gasteiger charge is -2.30. The first-order valence-electron chi connectivity index (χ1n) is 7.10. The molecule has 2 rings (SSSR count). The van der Waals surface area contributed by atoms with Crippen molar-refractivity contribution in [1.29, 1.82) is 0 Å². The number of benzene rings is 1. The quantitative estimate of drug-likeness (QED) is 0.865. The zero-order valence-electron chi connectivity index (χ0n) is 11.8. The van der Waals surface area contributed by atoms with E-state index in [1.54, 1.807) is 0 Å². The van der Waals surface area contributed by atoms with Gasteiger partial charge in [0, 0.05) is 13.1 Å². The van der Waals surface area contributed by atoms with Crippen LogP contribution >= 0.6 is 0 Å². The summed E-state index contributed by atoms with van der Waals surface area (Å²) in [7, 11) is 0. The van der Waals surface area contributed by atoms with Crippen molar-refractivity contribution in [3.8, 4) is 0 Å². The first kappa shape index (κ1) is 13.6. The van der Waals surface area contributed by atoms with E-state index in [0.29, 0.717) is 5.41 Å². The number of hydrogen-bond donors (Lipinski definition) is 1. The largest absolute Gasteiger partial charge is 0.330 e. The predicted molar refractivity (Wildman–Crippen MR) is 77.5 cm³/mol. The molecule has 0 bridgehead atoms. The van der Waals surface area contributed by atoms with E-state index in [1.165, 1.54) is 43.5 Å². The Morgan fingerprint density at radius 1 is 1.22 bits per heavy atom. The Morgan fingerprint density at radius 2 is 1.94 bits per heavy atom. The number of nitrogens with zero attached hydrogens (tertiary/aromatic N) is 1. The average molecular weight is 246 g/mol. The zero-order valence-corrected chi connectivity index (χ0v) is 11.8. The minimum atomic E-state index is 0.299. The van der Waals surface area contributed by atoms with E-state index in [9.17, 15) is 0 Å². The van der Waals surface area contributed by atoms with Gasteiger partial charge in [0.25, 0.3) is 0 Å². The van der Waals surface area contributed by atoms with Gasteiger partial charge in [-0.25, -0.2) is 0 Å². The average Bonchev–Trinajstić information content (AvgIpc) is 2.38. The summed E-state index contributed by atoms with van der Waals surface area (Å²) in [5.74, 6) is 0. The van der Waals surface area contributed by atoms with Crippen LogP contribution in [0.2, 0.25) is 0 Å². The molecule has 0 fully saturated rings. The molecule has 18 heavy (non-hydrogen) atoms. The van der Waals surface area contributed by atoms with Crippen LogP contribution in [0.1, 0.15) is 37.8 Å². The van der Waals surface area contributed by atoms with Crippen molar-refractivity contribution in [1.82, 2.24) is 4.90 Å². The molecule has 0 aromatic heterocycles. The second kappa shape index (κ2) is 5.85. The molecular weight excluding hydrogens is 220 g/mol. The smallest absolute Gasteiger partial charge is 0.0236 e. The molecule has 1 aliphatic heterocycles. The van der Waals surface area contributed by atoms with Crippen LogP contribution in [0.15, 0.2) is 24.3 Å². The molecule has 100 valence electrons. The van der Waals surface area contributed by atoms with E-state index in [1.807, 2.05) is 0 Å². The van der Waals surface area contributed by atoms with Crippen molar-refractivity contribution < 1.29 is 0 Å². The fourth-order valence-corrected chi connectivity index (χ4v) is 2.63. The summed E-state index contributed by atoms with van der Waals surface area (Å²) in [5.41, 5.74) is 9.13. The predicted octanol–water partition coefficient (Wildman–Crippen LogP) is 2.81. The standard InChI is InChI=1S/C16H26N2/c1-16(2,13-17)9-5-10-18-11-8-14-6-3-4-7-15(14)12-18/h3-4,6-7H,5,8-13,17H2,1-2H3. The van der Waals surface area contributed by atoms with E-state index in [0.717, 1.165) is 13.1 Å². The van der Waals surface area contributed by atoms with Crippen molar-refractivity contribution in [2.75, 3.05) is 19.6 Å². The first-order chi connectivity index (χ1) is 8.61. The van der Waals surface area contributed by atoms with Crippen LogP contribution in [-0.2, 0) is 13.0 Å². The van der Waals surface area contributed by atoms with Gasteiger partial charge in [0.1, 0.15) is 0 Å². The van der Waals surface area contributed by atoms with Gasteiger partial charge in [-0.3, -0.25) is 4.90 Å². The van der Waals surface area contributed by atoms with E-state index in [-0.39, 0.29) is 0 Å². The summed E-state index contributed by atoms with van der Waals surface area (Å²) in [6, 6.07) is 8.84. The third-order valence-corrected chi connectivity index (χ3v) is 4.09. The zero-order chi connectivity index (χ0) is 13.0. The van der Waals surface area contributed by atoms with Crippen LogP contribution in [0.4, 0.5) is 0 Å². The molecule has 2 heteroatoms. The number of fused-ring (bicyclic) bond motifs is 1. The first-order valence-corrected chi connectivity index (χ1v) is 7.10. The highest BCUT2D eigenvalue weighted by molar-refractivity contribution is 5.28. The molecule has 0 amide bonds. The van der Waals surface area contributed by atoms with Gasteiger partial charge in [0.2, 0.25) is 0 Å². The SMILES string of the molecule is CC(C)(CN)CCCN1CCc2ccccc2C1. The highest BCUT2D eigenvalue weighted by Gasteiger charge is 2.18. The second-order valence-electron chi connectivity index (χ2n) is 6.27. The van der Waals surface area contributed by atoms with E-state index >= 15 is 0 Å². The van der Waals surface area contributed by atoms with Crippen molar-refractivity contribution >= 4 is 0 Å². The molecule has 0 aliphatic carbocycles. The van der Waals surface area contributed by atoms with Crippen molar-refractivity contribution in [2.24, 2.45) is 11.1 Å². The van der Waals surface area contributed by atoms with E-state index in [2.05, 4.69) is 43.0 Å². The molecule has 1 aliphatic rings. The fraction of sp³-hybridized carbons (Fsp3) is 0.625.